The normalized spacial score (nSPS) is 12.4. The molecule has 1 heterocycles. The fraction of sp³-hybridized carbons (Fsp3) is 0.333. The predicted molar refractivity (Wildman–Crippen MR) is 65.2 cm³/mol. The van der Waals surface area contributed by atoms with Gasteiger partial charge in [0.15, 0.2) is 11.5 Å². The highest BCUT2D eigenvalue weighted by Crippen LogP contribution is 2.31. The van der Waals surface area contributed by atoms with Gasteiger partial charge in [0.1, 0.15) is 0 Å². The summed E-state index contributed by atoms with van der Waals surface area (Å²) in [4.78, 5) is 0. The van der Waals surface area contributed by atoms with E-state index in [4.69, 9.17) is 14.9 Å². The van der Waals surface area contributed by atoms with E-state index < -0.39 is 0 Å². The first kappa shape index (κ1) is 12.4. The average molecular weight is 249 g/mol. The molecule has 0 aliphatic rings. The molecule has 96 valence electrons. The van der Waals surface area contributed by atoms with E-state index in [2.05, 4.69) is 10.2 Å². The first-order valence-corrected chi connectivity index (χ1v) is 5.62. The van der Waals surface area contributed by atoms with Crippen molar-refractivity contribution in [3.05, 3.63) is 24.1 Å². The molecule has 18 heavy (non-hydrogen) atoms. The average Bonchev–Trinajstić information content (AvgIpc) is 2.87. The molecular formula is C12H15N3O3. The van der Waals surface area contributed by atoms with Gasteiger partial charge < -0.3 is 20.0 Å². The maximum absolute atomic E-state index is 9.68. The second-order valence-electron chi connectivity index (χ2n) is 3.85. The zero-order valence-corrected chi connectivity index (χ0v) is 10.3. The second kappa shape index (κ2) is 5.05. The maximum atomic E-state index is 9.68. The Bertz CT molecular complexity index is 539. The Morgan fingerprint density at radius 2 is 2.22 bits per heavy atom. The zero-order valence-electron chi connectivity index (χ0n) is 10.3. The van der Waals surface area contributed by atoms with E-state index >= 15 is 0 Å². The topological polar surface area (TPSA) is 94.4 Å². The van der Waals surface area contributed by atoms with Crippen LogP contribution in [0.1, 0.15) is 25.3 Å². The van der Waals surface area contributed by atoms with Crippen molar-refractivity contribution in [2.75, 3.05) is 7.11 Å². The van der Waals surface area contributed by atoms with Gasteiger partial charge in [0.25, 0.3) is 0 Å². The van der Waals surface area contributed by atoms with E-state index in [-0.39, 0.29) is 11.8 Å². The van der Waals surface area contributed by atoms with Gasteiger partial charge in [-0.2, -0.15) is 0 Å². The Morgan fingerprint density at radius 1 is 1.44 bits per heavy atom. The number of nitrogens with two attached hydrogens (primary N) is 1. The van der Waals surface area contributed by atoms with E-state index in [1.807, 2.05) is 6.92 Å². The largest absolute Gasteiger partial charge is 0.504 e. The summed E-state index contributed by atoms with van der Waals surface area (Å²) in [6, 6.07) is 4.60. The number of benzene rings is 1. The van der Waals surface area contributed by atoms with E-state index in [9.17, 15) is 5.11 Å². The van der Waals surface area contributed by atoms with Crippen LogP contribution in [0.25, 0.3) is 11.5 Å². The summed E-state index contributed by atoms with van der Waals surface area (Å²) in [5.41, 5.74) is 6.42. The molecule has 0 spiro atoms. The number of phenolic OH excluding ortho intramolecular Hbond substituents is 1. The van der Waals surface area contributed by atoms with Crippen molar-refractivity contribution in [2.45, 2.75) is 19.4 Å². The summed E-state index contributed by atoms with van der Waals surface area (Å²) in [6.07, 6.45) is 0.718. The Labute approximate surface area is 104 Å². The van der Waals surface area contributed by atoms with E-state index in [1.54, 1.807) is 12.1 Å². The van der Waals surface area contributed by atoms with Gasteiger partial charge in [-0.05, 0) is 24.6 Å². The number of rotatable bonds is 4. The van der Waals surface area contributed by atoms with Crippen molar-refractivity contribution >= 4 is 0 Å². The van der Waals surface area contributed by atoms with Crippen LogP contribution in [-0.2, 0) is 0 Å². The molecule has 2 aromatic rings. The summed E-state index contributed by atoms with van der Waals surface area (Å²) in [5.74, 6) is 1.13. The summed E-state index contributed by atoms with van der Waals surface area (Å²) < 4.78 is 10.4. The van der Waals surface area contributed by atoms with Gasteiger partial charge >= 0.3 is 0 Å². The van der Waals surface area contributed by atoms with E-state index in [1.165, 1.54) is 13.2 Å². The third kappa shape index (κ3) is 2.28. The van der Waals surface area contributed by atoms with Crippen LogP contribution in [-0.4, -0.2) is 22.4 Å². The van der Waals surface area contributed by atoms with Gasteiger partial charge in [0.2, 0.25) is 11.8 Å². The molecule has 1 unspecified atom stereocenters. The molecule has 0 aliphatic carbocycles. The molecule has 6 nitrogen and oxygen atoms in total. The number of methoxy groups -OCH3 is 1. The number of hydrogen-bond donors (Lipinski definition) is 2. The lowest BCUT2D eigenvalue weighted by atomic mass is 10.2. The van der Waals surface area contributed by atoms with E-state index in [0.717, 1.165) is 6.42 Å². The zero-order chi connectivity index (χ0) is 13.1. The Kier molecular flexibility index (Phi) is 3.47. The minimum atomic E-state index is -0.266. The molecule has 0 amide bonds. The molecule has 0 radical (unpaired) electrons. The fourth-order valence-electron chi connectivity index (χ4n) is 1.50. The molecule has 0 aliphatic heterocycles. The summed E-state index contributed by atoms with van der Waals surface area (Å²) in [6.45, 7) is 1.94. The minimum absolute atomic E-state index is 0.0227. The standard InChI is InChI=1S/C12H15N3O3/c1-3-8(13)12-15-14-11(18-12)7-4-5-10(17-2)9(16)6-7/h4-6,8,16H,3,13H2,1-2H3. The van der Waals surface area contributed by atoms with Gasteiger partial charge in [0.05, 0.1) is 13.2 Å². The summed E-state index contributed by atoms with van der Waals surface area (Å²) in [5, 5.41) is 17.5. The Balaban J connectivity index is 2.31. The lowest BCUT2D eigenvalue weighted by Gasteiger charge is -2.03. The molecule has 3 N–H and O–H groups in total. The molecule has 2 rings (SSSR count). The van der Waals surface area contributed by atoms with E-state index in [0.29, 0.717) is 23.1 Å². The highest BCUT2D eigenvalue weighted by Gasteiger charge is 2.14. The molecule has 1 aromatic carbocycles. The number of ether oxygens (including phenoxy) is 1. The van der Waals surface area contributed by atoms with Gasteiger partial charge in [-0.15, -0.1) is 10.2 Å². The van der Waals surface area contributed by atoms with Crippen LogP contribution >= 0.6 is 0 Å². The van der Waals surface area contributed by atoms with Gasteiger partial charge in [0, 0.05) is 5.56 Å². The molecular weight excluding hydrogens is 234 g/mol. The third-order valence-electron chi connectivity index (χ3n) is 2.62. The molecule has 6 heteroatoms. The monoisotopic (exact) mass is 249 g/mol. The highest BCUT2D eigenvalue weighted by atomic mass is 16.5. The number of nitrogens with zero attached hydrogens (tertiary/aromatic N) is 2. The van der Waals surface area contributed by atoms with Crippen LogP contribution in [0.5, 0.6) is 11.5 Å². The SMILES string of the molecule is CCC(N)c1nnc(-c2ccc(OC)c(O)c2)o1. The molecule has 0 fully saturated rings. The number of aromatic nitrogens is 2. The number of hydrogen-bond acceptors (Lipinski definition) is 6. The van der Waals surface area contributed by atoms with Crippen molar-refractivity contribution < 1.29 is 14.3 Å². The van der Waals surface area contributed by atoms with Crippen molar-refractivity contribution in [1.29, 1.82) is 0 Å². The molecule has 0 bridgehead atoms. The molecule has 1 atom stereocenters. The first-order valence-electron chi connectivity index (χ1n) is 5.62. The van der Waals surface area contributed by atoms with Crippen LogP contribution in [0, 0.1) is 0 Å². The Hall–Kier alpha value is -2.08. The molecule has 0 saturated carbocycles. The fourth-order valence-corrected chi connectivity index (χ4v) is 1.50. The third-order valence-corrected chi connectivity index (χ3v) is 2.62. The van der Waals surface area contributed by atoms with Crippen molar-refractivity contribution in [2.24, 2.45) is 5.73 Å². The second-order valence-corrected chi connectivity index (χ2v) is 3.85. The summed E-state index contributed by atoms with van der Waals surface area (Å²) in [7, 11) is 1.49. The van der Waals surface area contributed by atoms with Gasteiger partial charge in [-0.25, -0.2) is 0 Å². The van der Waals surface area contributed by atoms with Crippen LogP contribution in [0.4, 0.5) is 0 Å². The van der Waals surface area contributed by atoms with Crippen LogP contribution in [0.15, 0.2) is 22.6 Å². The van der Waals surface area contributed by atoms with Gasteiger partial charge in [-0.3, -0.25) is 0 Å². The van der Waals surface area contributed by atoms with Crippen LogP contribution < -0.4 is 10.5 Å². The quantitative estimate of drug-likeness (QED) is 0.858. The lowest BCUT2D eigenvalue weighted by molar-refractivity contribution is 0.373. The van der Waals surface area contributed by atoms with Crippen LogP contribution in [0.3, 0.4) is 0 Å². The minimum Gasteiger partial charge on any atom is -0.504 e. The van der Waals surface area contributed by atoms with Gasteiger partial charge in [-0.1, -0.05) is 6.92 Å². The smallest absolute Gasteiger partial charge is 0.247 e. The van der Waals surface area contributed by atoms with Crippen molar-refractivity contribution in [3.63, 3.8) is 0 Å². The predicted octanol–water partition coefficient (Wildman–Crippen LogP) is 1.86. The number of phenols is 1. The number of aromatic hydroxyl groups is 1. The maximum Gasteiger partial charge on any atom is 0.247 e. The Morgan fingerprint density at radius 3 is 2.83 bits per heavy atom. The first-order chi connectivity index (χ1) is 8.65. The van der Waals surface area contributed by atoms with Crippen molar-refractivity contribution in [1.82, 2.24) is 10.2 Å². The summed E-state index contributed by atoms with van der Waals surface area (Å²) >= 11 is 0. The molecule has 0 saturated heterocycles. The van der Waals surface area contributed by atoms with Crippen molar-refractivity contribution in [3.8, 4) is 23.0 Å². The highest BCUT2D eigenvalue weighted by molar-refractivity contribution is 5.59. The van der Waals surface area contributed by atoms with Crippen LogP contribution in [0.2, 0.25) is 0 Å². The lowest BCUT2D eigenvalue weighted by Crippen LogP contribution is -2.08. The molecule has 1 aromatic heterocycles.